The van der Waals surface area contributed by atoms with E-state index in [1.54, 1.807) is 7.11 Å². The van der Waals surface area contributed by atoms with Gasteiger partial charge in [0.15, 0.2) is 0 Å². The number of hydrogen-bond acceptors (Lipinski definition) is 4. The Morgan fingerprint density at radius 3 is 2.70 bits per heavy atom. The normalized spacial score (nSPS) is 12.0. The number of methoxy groups -OCH3 is 1. The first kappa shape index (κ1) is 17.3. The van der Waals surface area contributed by atoms with Crippen LogP contribution in [0.4, 0.5) is 0 Å². The second kappa shape index (κ2) is 9.18. The second-order valence-electron chi connectivity index (χ2n) is 5.48. The fraction of sp³-hybridized carbons (Fsp3) is 0.368. The number of para-hydroxylation sites is 1. The van der Waals surface area contributed by atoms with Gasteiger partial charge in [-0.1, -0.05) is 30.3 Å². The van der Waals surface area contributed by atoms with E-state index in [4.69, 9.17) is 9.47 Å². The van der Waals surface area contributed by atoms with Gasteiger partial charge < -0.3 is 19.9 Å². The Morgan fingerprint density at radius 2 is 1.91 bits per heavy atom. The molecular formula is C19H25NO3. The van der Waals surface area contributed by atoms with E-state index in [1.807, 2.05) is 37.4 Å². The molecule has 23 heavy (non-hydrogen) atoms. The molecule has 0 aromatic heterocycles. The van der Waals surface area contributed by atoms with E-state index in [1.165, 1.54) is 5.56 Å². The minimum absolute atomic E-state index is 0.289. The highest BCUT2D eigenvalue weighted by atomic mass is 16.5. The highest BCUT2D eigenvalue weighted by Crippen LogP contribution is 2.21. The molecule has 0 fully saturated rings. The van der Waals surface area contributed by atoms with Crippen LogP contribution in [0.1, 0.15) is 11.1 Å². The number of nitrogens with one attached hydrogen (secondary N) is 1. The van der Waals surface area contributed by atoms with Crippen LogP contribution in [0.2, 0.25) is 0 Å². The topological polar surface area (TPSA) is 50.7 Å². The highest BCUT2D eigenvalue weighted by Gasteiger charge is 2.07. The van der Waals surface area contributed by atoms with Crippen LogP contribution in [0.15, 0.2) is 48.5 Å². The zero-order valence-electron chi connectivity index (χ0n) is 13.8. The van der Waals surface area contributed by atoms with Gasteiger partial charge in [0.05, 0.1) is 7.11 Å². The molecule has 2 rings (SSSR count). The van der Waals surface area contributed by atoms with E-state index < -0.39 is 6.10 Å². The number of ether oxygens (including phenoxy) is 2. The van der Waals surface area contributed by atoms with E-state index in [0.29, 0.717) is 6.54 Å². The lowest BCUT2D eigenvalue weighted by atomic mass is 10.0. The molecule has 0 aliphatic heterocycles. The quantitative estimate of drug-likeness (QED) is 0.746. The molecule has 0 saturated heterocycles. The Labute approximate surface area is 138 Å². The first-order chi connectivity index (χ1) is 11.2. The first-order valence-electron chi connectivity index (χ1n) is 7.89. The van der Waals surface area contributed by atoms with Gasteiger partial charge >= 0.3 is 0 Å². The zero-order valence-corrected chi connectivity index (χ0v) is 13.8. The Kier molecular flexibility index (Phi) is 6.91. The molecule has 1 unspecified atom stereocenters. The standard InChI is InChI=1S/C19H25NO3/c1-20-13-17(21)14-23-19-9-4-3-7-16(19)11-10-15-6-5-8-18(12-15)22-2/h3-9,12,17,20-21H,10-11,13-14H2,1-2H3. The molecule has 0 aliphatic carbocycles. The lowest BCUT2D eigenvalue weighted by molar-refractivity contribution is 0.107. The SMILES string of the molecule is CNCC(O)COc1ccccc1CCc1cccc(OC)c1. The van der Waals surface area contributed by atoms with Crippen molar-refractivity contribution in [2.45, 2.75) is 18.9 Å². The van der Waals surface area contributed by atoms with Crippen LogP contribution >= 0.6 is 0 Å². The van der Waals surface area contributed by atoms with Crippen molar-refractivity contribution in [2.24, 2.45) is 0 Å². The summed E-state index contributed by atoms with van der Waals surface area (Å²) in [4.78, 5) is 0. The molecule has 0 radical (unpaired) electrons. The van der Waals surface area contributed by atoms with E-state index in [0.717, 1.165) is 29.9 Å². The summed E-state index contributed by atoms with van der Waals surface area (Å²) in [6.45, 7) is 0.809. The zero-order chi connectivity index (χ0) is 16.5. The summed E-state index contributed by atoms with van der Waals surface area (Å²) >= 11 is 0. The van der Waals surface area contributed by atoms with Crippen molar-refractivity contribution in [1.29, 1.82) is 0 Å². The van der Waals surface area contributed by atoms with Gasteiger partial charge in [0, 0.05) is 6.54 Å². The summed E-state index contributed by atoms with van der Waals surface area (Å²) < 4.78 is 11.0. The van der Waals surface area contributed by atoms with Crippen molar-refractivity contribution in [1.82, 2.24) is 5.32 Å². The van der Waals surface area contributed by atoms with Gasteiger partial charge in [0.25, 0.3) is 0 Å². The van der Waals surface area contributed by atoms with Crippen LogP contribution in [0.25, 0.3) is 0 Å². The average molecular weight is 315 g/mol. The number of aliphatic hydroxyl groups excluding tert-OH is 1. The van der Waals surface area contributed by atoms with Crippen LogP contribution < -0.4 is 14.8 Å². The van der Waals surface area contributed by atoms with Crippen molar-refractivity contribution in [2.75, 3.05) is 27.3 Å². The fourth-order valence-corrected chi connectivity index (χ4v) is 2.44. The van der Waals surface area contributed by atoms with Gasteiger partial charge in [0.2, 0.25) is 0 Å². The number of rotatable bonds is 9. The van der Waals surface area contributed by atoms with E-state index in [9.17, 15) is 5.11 Å². The number of aliphatic hydroxyl groups is 1. The van der Waals surface area contributed by atoms with Crippen molar-refractivity contribution in [3.05, 3.63) is 59.7 Å². The molecular weight excluding hydrogens is 290 g/mol. The van der Waals surface area contributed by atoms with Crippen molar-refractivity contribution in [3.8, 4) is 11.5 Å². The number of aryl methyl sites for hydroxylation is 2. The monoisotopic (exact) mass is 315 g/mol. The highest BCUT2D eigenvalue weighted by molar-refractivity contribution is 5.35. The van der Waals surface area contributed by atoms with E-state index >= 15 is 0 Å². The van der Waals surface area contributed by atoms with E-state index in [-0.39, 0.29) is 6.61 Å². The maximum atomic E-state index is 9.77. The van der Waals surface area contributed by atoms with Crippen LogP contribution in [0.5, 0.6) is 11.5 Å². The summed E-state index contributed by atoms with van der Waals surface area (Å²) in [7, 11) is 3.49. The van der Waals surface area contributed by atoms with Gasteiger partial charge in [-0.25, -0.2) is 0 Å². The molecule has 0 spiro atoms. The van der Waals surface area contributed by atoms with Crippen LogP contribution in [0, 0.1) is 0 Å². The summed E-state index contributed by atoms with van der Waals surface area (Å²) in [5.41, 5.74) is 2.38. The second-order valence-corrected chi connectivity index (χ2v) is 5.48. The van der Waals surface area contributed by atoms with Crippen LogP contribution in [0.3, 0.4) is 0 Å². The average Bonchev–Trinajstić information content (AvgIpc) is 2.59. The van der Waals surface area contributed by atoms with Gasteiger partial charge in [-0.3, -0.25) is 0 Å². The fourth-order valence-electron chi connectivity index (χ4n) is 2.44. The predicted octanol–water partition coefficient (Wildman–Crippen LogP) is 2.44. The molecule has 0 heterocycles. The Bertz CT molecular complexity index is 601. The van der Waals surface area contributed by atoms with E-state index in [2.05, 4.69) is 23.5 Å². The Balaban J connectivity index is 1.96. The summed E-state index contributed by atoms with van der Waals surface area (Å²) in [6, 6.07) is 16.1. The summed E-state index contributed by atoms with van der Waals surface area (Å²) in [6.07, 6.45) is 1.29. The van der Waals surface area contributed by atoms with Gasteiger partial charge in [-0.05, 0) is 49.2 Å². The molecule has 124 valence electrons. The van der Waals surface area contributed by atoms with Gasteiger partial charge in [-0.2, -0.15) is 0 Å². The largest absolute Gasteiger partial charge is 0.497 e. The number of hydrogen-bond donors (Lipinski definition) is 2. The minimum Gasteiger partial charge on any atom is -0.497 e. The maximum absolute atomic E-state index is 9.77. The molecule has 2 aromatic carbocycles. The minimum atomic E-state index is -0.508. The summed E-state index contributed by atoms with van der Waals surface area (Å²) in [5, 5.41) is 12.7. The van der Waals surface area contributed by atoms with Crippen LogP contribution in [-0.2, 0) is 12.8 Å². The third-order valence-corrected chi connectivity index (χ3v) is 3.66. The molecule has 2 N–H and O–H groups in total. The van der Waals surface area contributed by atoms with Crippen molar-refractivity contribution >= 4 is 0 Å². The Morgan fingerprint density at radius 1 is 1.09 bits per heavy atom. The molecule has 0 bridgehead atoms. The molecule has 4 heteroatoms. The predicted molar refractivity (Wildman–Crippen MR) is 92.3 cm³/mol. The molecule has 0 aliphatic rings. The van der Waals surface area contributed by atoms with Crippen LogP contribution in [-0.4, -0.2) is 38.5 Å². The molecule has 0 amide bonds. The Hall–Kier alpha value is -2.04. The number of benzene rings is 2. The molecule has 0 saturated carbocycles. The van der Waals surface area contributed by atoms with Crippen molar-refractivity contribution < 1.29 is 14.6 Å². The molecule has 2 aromatic rings. The van der Waals surface area contributed by atoms with Crippen molar-refractivity contribution in [3.63, 3.8) is 0 Å². The third-order valence-electron chi connectivity index (χ3n) is 3.66. The molecule has 4 nitrogen and oxygen atoms in total. The first-order valence-corrected chi connectivity index (χ1v) is 7.89. The summed E-state index contributed by atoms with van der Waals surface area (Å²) in [5.74, 6) is 1.72. The lowest BCUT2D eigenvalue weighted by Crippen LogP contribution is -2.29. The maximum Gasteiger partial charge on any atom is 0.122 e. The number of likely N-dealkylation sites (N-methyl/N-ethyl adjacent to an activating group) is 1. The lowest BCUT2D eigenvalue weighted by Gasteiger charge is -2.15. The van der Waals surface area contributed by atoms with Gasteiger partial charge in [0.1, 0.15) is 24.2 Å². The molecule has 1 atom stereocenters. The van der Waals surface area contributed by atoms with Gasteiger partial charge in [-0.15, -0.1) is 0 Å². The smallest absolute Gasteiger partial charge is 0.122 e. The third kappa shape index (κ3) is 5.58.